The Morgan fingerprint density at radius 3 is 2.48 bits per heavy atom. The third-order valence-electron chi connectivity index (χ3n) is 3.70. The number of benzene rings is 2. The van der Waals surface area contributed by atoms with E-state index in [-0.39, 0.29) is 12.7 Å². The van der Waals surface area contributed by atoms with Crippen molar-refractivity contribution < 1.29 is 23.8 Å². The molecule has 0 radical (unpaired) electrons. The van der Waals surface area contributed by atoms with E-state index >= 15 is 0 Å². The van der Waals surface area contributed by atoms with Gasteiger partial charge in [0, 0.05) is 11.8 Å². The van der Waals surface area contributed by atoms with E-state index in [4.69, 9.17) is 25.8 Å². The molecule has 0 saturated heterocycles. The Morgan fingerprint density at radius 2 is 1.86 bits per heavy atom. The molecule has 0 fully saturated rings. The van der Waals surface area contributed by atoms with E-state index in [1.807, 2.05) is 32.9 Å². The summed E-state index contributed by atoms with van der Waals surface area (Å²) in [6.45, 7) is 5.33. The van der Waals surface area contributed by atoms with Crippen LogP contribution in [0.5, 0.6) is 11.5 Å². The summed E-state index contributed by atoms with van der Waals surface area (Å²) < 4.78 is 15.9. The summed E-state index contributed by atoms with van der Waals surface area (Å²) in [5, 5.41) is 3.02. The molecule has 154 valence electrons. The molecule has 0 saturated carbocycles. The molecule has 1 N–H and O–H groups in total. The van der Waals surface area contributed by atoms with Crippen LogP contribution in [0.4, 0.5) is 5.69 Å². The minimum atomic E-state index is -0.651. The van der Waals surface area contributed by atoms with Gasteiger partial charge in [0.2, 0.25) is 0 Å². The van der Waals surface area contributed by atoms with Gasteiger partial charge in [-0.05, 0) is 56.7 Å². The highest BCUT2D eigenvalue weighted by Gasteiger charge is 2.13. The number of carbonyl (C=O) groups excluding carboxylic acids is 2. The van der Waals surface area contributed by atoms with Crippen LogP contribution in [0, 0.1) is 6.92 Å². The first-order valence-electron chi connectivity index (χ1n) is 9.04. The first kappa shape index (κ1) is 22.3. The quantitative estimate of drug-likeness (QED) is 0.500. The number of esters is 1. The highest BCUT2D eigenvalue weighted by molar-refractivity contribution is 6.32. The molecule has 0 bridgehead atoms. The largest absolute Gasteiger partial charge is 0.493 e. The van der Waals surface area contributed by atoms with Crippen molar-refractivity contribution in [3.8, 4) is 11.5 Å². The molecule has 1 amide bonds. The summed E-state index contributed by atoms with van der Waals surface area (Å²) in [6.07, 6.45) is 2.67. The first-order valence-corrected chi connectivity index (χ1v) is 9.42. The Labute approximate surface area is 175 Å². The molecule has 2 rings (SSSR count). The molecule has 0 aliphatic heterocycles. The second-order valence-corrected chi connectivity index (χ2v) is 6.96. The number of carbonyl (C=O) groups is 2. The molecule has 0 aliphatic rings. The number of rotatable bonds is 8. The lowest BCUT2D eigenvalue weighted by atomic mass is 10.2. The smallest absolute Gasteiger partial charge is 0.331 e. The SMILES string of the molecule is COc1cc(/C=C/C(=O)OCC(=O)Nc2ccc(C)cc2)cc(Cl)c1OC(C)C. The van der Waals surface area contributed by atoms with E-state index in [9.17, 15) is 9.59 Å². The molecule has 7 heteroatoms. The van der Waals surface area contributed by atoms with Crippen LogP contribution in [-0.4, -0.2) is 31.7 Å². The van der Waals surface area contributed by atoms with E-state index in [2.05, 4.69) is 5.32 Å². The standard InChI is InChI=1S/C22H24ClNO5/c1-14(2)29-22-18(23)11-16(12-19(22)27-4)7-10-21(26)28-13-20(25)24-17-8-5-15(3)6-9-17/h5-12,14H,13H2,1-4H3,(H,24,25)/b10-7+. The lowest BCUT2D eigenvalue weighted by molar-refractivity contribution is -0.142. The fourth-order valence-corrected chi connectivity index (χ4v) is 2.63. The number of hydrogen-bond donors (Lipinski definition) is 1. The van der Waals surface area contributed by atoms with Crippen LogP contribution < -0.4 is 14.8 Å². The minimum absolute atomic E-state index is 0.0659. The second kappa shape index (κ2) is 10.5. The highest BCUT2D eigenvalue weighted by atomic mass is 35.5. The number of ether oxygens (including phenoxy) is 3. The zero-order chi connectivity index (χ0) is 21.4. The number of hydrogen-bond acceptors (Lipinski definition) is 5. The predicted molar refractivity (Wildman–Crippen MR) is 114 cm³/mol. The van der Waals surface area contributed by atoms with Gasteiger partial charge in [0.05, 0.1) is 18.2 Å². The molecule has 0 spiro atoms. The Kier molecular flexibility index (Phi) is 8.09. The van der Waals surface area contributed by atoms with E-state index in [1.54, 1.807) is 24.3 Å². The molecule has 2 aromatic rings. The molecular weight excluding hydrogens is 394 g/mol. The third kappa shape index (κ3) is 7.16. The predicted octanol–water partition coefficient (Wildman–Crippen LogP) is 4.64. The zero-order valence-electron chi connectivity index (χ0n) is 16.8. The number of amides is 1. The van der Waals surface area contributed by atoms with Gasteiger partial charge in [-0.2, -0.15) is 0 Å². The van der Waals surface area contributed by atoms with E-state index in [0.717, 1.165) is 5.56 Å². The average molecular weight is 418 g/mol. The zero-order valence-corrected chi connectivity index (χ0v) is 17.6. The molecule has 0 atom stereocenters. The van der Waals surface area contributed by atoms with Gasteiger partial charge in [0.25, 0.3) is 5.91 Å². The minimum Gasteiger partial charge on any atom is -0.493 e. The van der Waals surface area contributed by atoms with E-state index in [1.165, 1.54) is 19.3 Å². The fraction of sp³-hybridized carbons (Fsp3) is 0.273. The molecule has 0 unspecified atom stereocenters. The molecule has 0 aliphatic carbocycles. The van der Waals surface area contributed by atoms with Crippen molar-refractivity contribution in [3.63, 3.8) is 0 Å². The van der Waals surface area contributed by atoms with Crippen LogP contribution in [0.2, 0.25) is 5.02 Å². The van der Waals surface area contributed by atoms with Crippen LogP contribution in [-0.2, 0) is 14.3 Å². The van der Waals surface area contributed by atoms with Crippen molar-refractivity contribution in [3.05, 3.63) is 58.6 Å². The van der Waals surface area contributed by atoms with Crippen molar-refractivity contribution in [2.24, 2.45) is 0 Å². The van der Waals surface area contributed by atoms with Gasteiger partial charge in [-0.3, -0.25) is 4.79 Å². The van der Waals surface area contributed by atoms with Gasteiger partial charge in [-0.15, -0.1) is 0 Å². The average Bonchev–Trinajstić information content (AvgIpc) is 2.68. The Bertz CT molecular complexity index is 891. The number of aryl methyl sites for hydroxylation is 1. The van der Waals surface area contributed by atoms with Gasteiger partial charge < -0.3 is 19.5 Å². The number of halogens is 1. The summed E-state index contributed by atoms with van der Waals surface area (Å²) in [5.74, 6) is -0.175. The van der Waals surface area contributed by atoms with Crippen molar-refractivity contribution in [1.82, 2.24) is 0 Å². The molecule has 2 aromatic carbocycles. The van der Waals surface area contributed by atoms with E-state index in [0.29, 0.717) is 27.8 Å². The van der Waals surface area contributed by atoms with Crippen molar-refractivity contribution in [2.45, 2.75) is 26.9 Å². The molecule has 0 aromatic heterocycles. The summed E-state index contributed by atoms with van der Waals surface area (Å²) >= 11 is 6.25. The summed E-state index contributed by atoms with van der Waals surface area (Å²) in [5.41, 5.74) is 2.35. The molecule has 29 heavy (non-hydrogen) atoms. The van der Waals surface area contributed by atoms with Crippen LogP contribution in [0.25, 0.3) is 6.08 Å². The Hall–Kier alpha value is -2.99. The highest BCUT2D eigenvalue weighted by Crippen LogP contribution is 2.37. The van der Waals surface area contributed by atoms with Gasteiger partial charge in [0.15, 0.2) is 18.1 Å². The molecular formula is C22H24ClNO5. The van der Waals surface area contributed by atoms with Crippen LogP contribution in [0.15, 0.2) is 42.5 Å². The van der Waals surface area contributed by atoms with Crippen LogP contribution in [0.1, 0.15) is 25.0 Å². The molecule has 0 heterocycles. The second-order valence-electron chi connectivity index (χ2n) is 6.56. The van der Waals surface area contributed by atoms with Crippen molar-refractivity contribution >= 4 is 35.2 Å². The van der Waals surface area contributed by atoms with Crippen LogP contribution in [0.3, 0.4) is 0 Å². The summed E-state index contributed by atoms with van der Waals surface area (Å²) in [7, 11) is 1.51. The molecule has 6 nitrogen and oxygen atoms in total. The number of anilines is 1. The maximum Gasteiger partial charge on any atom is 0.331 e. The lowest BCUT2D eigenvalue weighted by Crippen LogP contribution is -2.20. The first-order chi connectivity index (χ1) is 13.8. The van der Waals surface area contributed by atoms with Gasteiger partial charge in [-0.1, -0.05) is 29.3 Å². The topological polar surface area (TPSA) is 73.9 Å². The number of nitrogens with one attached hydrogen (secondary N) is 1. The monoisotopic (exact) mass is 417 g/mol. The Balaban J connectivity index is 1.93. The lowest BCUT2D eigenvalue weighted by Gasteiger charge is -2.15. The van der Waals surface area contributed by atoms with Crippen molar-refractivity contribution in [1.29, 1.82) is 0 Å². The van der Waals surface area contributed by atoms with E-state index < -0.39 is 11.9 Å². The van der Waals surface area contributed by atoms with Crippen molar-refractivity contribution in [2.75, 3.05) is 19.0 Å². The van der Waals surface area contributed by atoms with Gasteiger partial charge in [-0.25, -0.2) is 4.79 Å². The fourth-order valence-electron chi connectivity index (χ4n) is 2.37. The summed E-state index contributed by atoms with van der Waals surface area (Å²) in [4.78, 5) is 23.8. The Morgan fingerprint density at radius 1 is 1.17 bits per heavy atom. The number of methoxy groups -OCH3 is 1. The normalized spacial score (nSPS) is 10.8. The maximum atomic E-state index is 11.9. The third-order valence-corrected chi connectivity index (χ3v) is 3.98. The summed E-state index contributed by atoms with van der Waals surface area (Å²) in [6, 6.07) is 10.6. The maximum absolute atomic E-state index is 11.9. The van der Waals surface area contributed by atoms with Gasteiger partial charge >= 0.3 is 5.97 Å². The van der Waals surface area contributed by atoms with Crippen LogP contribution >= 0.6 is 11.6 Å². The van der Waals surface area contributed by atoms with Gasteiger partial charge in [0.1, 0.15) is 0 Å².